The van der Waals surface area contributed by atoms with Crippen LogP contribution in [0.1, 0.15) is 15.5 Å². The highest BCUT2D eigenvalue weighted by molar-refractivity contribution is 9.09. The van der Waals surface area contributed by atoms with E-state index in [-0.39, 0.29) is 5.01 Å². The van der Waals surface area contributed by atoms with Crippen LogP contribution < -0.4 is 0 Å². The van der Waals surface area contributed by atoms with E-state index in [2.05, 4.69) is 15.9 Å². The van der Waals surface area contributed by atoms with Gasteiger partial charge in [-0.3, -0.25) is 4.79 Å². The van der Waals surface area contributed by atoms with Crippen LogP contribution in [0.4, 0.5) is 0 Å². The number of alkyl halides is 1. The number of ether oxygens (including phenoxy) is 1. The van der Waals surface area contributed by atoms with Gasteiger partial charge in [0.05, 0.1) is 0 Å². The molecular formula is C7H7BrO2S. The molecule has 4 heteroatoms. The lowest BCUT2D eigenvalue weighted by molar-refractivity contribution is -0.129. The van der Waals surface area contributed by atoms with Crippen LogP contribution in [0.2, 0.25) is 0 Å². The summed E-state index contributed by atoms with van der Waals surface area (Å²) in [5, 5.41) is 1.67. The zero-order valence-corrected chi connectivity index (χ0v) is 8.31. The van der Waals surface area contributed by atoms with Gasteiger partial charge in [0.25, 0.3) is 6.47 Å². The Kier molecular flexibility index (Phi) is 3.08. The first-order chi connectivity index (χ1) is 5.25. The van der Waals surface area contributed by atoms with E-state index in [1.54, 1.807) is 11.3 Å². The molecule has 0 bridgehead atoms. The van der Waals surface area contributed by atoms with Crippen molar-refractivity contribution in [3.8, 4) is 0 Å². The molecule has 0 spiro atoms. The maximum Gasteiger partial charge on any atom is 0.294 e. The normalized spacial score (nSPS) is 12.5. The average Bonchev–Trinajstić information content (AvgIpc) is 2.36. The van der Waals surface area contributed by atoms with Gasteiger partial charge in [-0.15, -0.1) is 11.3 Å². The molecule has 0 aliphatic heterocycles. The van der Waals surface area contributed by atoms with E-state index in [1.165, 1.54) is 0 Å². The van der Waals surface area contributed by atoms with Crippen LogP contribution in [0.3, 0.4) is 0 Å². The molecule has 0 saturated heterocycles. The van der Waals surface area contributed by atoms with E-state index in [1.807, 2.05) is 18.4 Å². The van der Waals surface area contributed by atoms with Crippen molar-refractivity contribution in [2.75, 3.05) is 0 Å². The van der Waals surface area contributed by atoms with Crippen LogP contribution in [0.15, 0.2) is 11.4 Å². The van der Waals surface area contributed by atoms with Gasteiger partial charge < -0.3 is 4.74 Å². The maximum atomic E-state index is 9.97. The van der Waals surface area contributed by atoms with E-state index >= 15 is 0 Å². The Morgan fingerprint density at radius 2 is 2.55 bits per heavy atom. The standard InChI is InChI=1S/C7H7BrO2S/c1-5-6(2-3-11-5)7(8)10-4-9/h2-4,7H,1H3. The molecule has 1 atom stereocenters. The summed E-state index contributed by atoms with van der Waals surface area (Å²) >= 11 is 4.86. The highest BCUT2D eigenvalue weighted by Gasteiger charge is 2.10. The Labute approximate surface area is 77.3 Å². The predicted molar refractivity (Wildman–Crippen MR) is 47.9 cm³/mol. The van der Waals surface area contributed by atoms with E-state index in [9.17, 15) is 4.79 Å². The van der Waals surface area contributed by atoms with Crippen molar-refractivity contribution in [3.63, 3.8) is 0 Å². The third-order valence-electron chi connectivity index (χ3n) is 1.32. The van der Waals surface area contributed by atoms with Crippen molar-refractivity contribution < 1.29 is 9.53 Å². The van der Waals surface area contributed by atoms with Gasteiger partial charge in [0, 0.05) is 10.4 Å². The molecule has 1 aromatic rings. The van der Waals surface area contributed by atoms with E-state index < -0.39 is 0 Å². The van der Waals surface area contributed by atoms with Crippen LogP contribution >= 0.6 is 27.3 Å². The molecule has 0 aliphatic carbocycles. The number of hydrogen-bond donors (Lipinski definition) is 0. The second-order valence-corrected chi connectivity index (χ2v) is 3.93. The van der Waals surface area contributed by atoms with Gasteiger partial charge in [-0.25, -0.2) is 0 Å². The lowest BCUT2D eigenvalue weighted by atomic mass is 10.3. The summed E-state index contributed by atoms with van der Waals surface area (Å²) in [5.74, 6) is 0. The van der Waals surface area contributed by atoms with Crippen molar-refractivity contribution in [2.45, 2.75) is 11.9 Å². The molecule has 60 valence electrons. The minimum absolute atomic E-state index is 0.300. The zero-order valence-electron chi connectivity index (χ0n) is 5.91. The zero-order chi connectivity index (χ0) is 8.27. The largest absolute Gasteiger partial charge is 0.448 e. The smallest absolute Gasteiger partial charge is 0.294 e. The predicted octanol–water partition coefficient (Wildman–Crippen LogP) is 2.62. The second kappa shape index (κ2) is 3.88. The molecule has 0 N–H and O–H groups in total. The lowest BCUT2D eigenvalue weighted by Gasteiger charge is -2.05. The SMILES string of the molecule is Cc1sccc1C(Br)OC=O. The molecule has 1 rings (SSSR count). The third-order valence-corrected chi connectivity index (χ3v) is 2.89. The summed E-state index contributed by atoms with van der Waals surface area (Å²) in [6, 6.07) is 1.93. The number of carbonyl (C=O) groups is 1. The fourth-order valence-electron chi connectivity index (χ4n) is 0.752. The van der Waals surface area contributed by atoms with Crippen LogP contribution in [0.25, 0.3) is 0 Å². The van der Waals surface area contributed by atoms with Gasteiger partial charge in [-0.05, 0) is 34.3 Å². The number of carbonyl (C=O) groups excluding carboxylic acids is 1. The topological polar surface area (TPSA) is 26.3 Å². The first-order valence-electron chi connectivity index (χ1n) is 3.03. The monoisotopic (exact) mass is 234 g/mol. The molecule has 1 unspecified atom stereocenters. The summed E-state index contributed by atoms with van der Waals surface area (Å²) in [5.41, 5.74) is 1.02. The quantitative estimate of drug-likeness (QED) is 0.594. The van der Waals surface area contributed by atoms with Gasteiger partial charge in [-0.1, -0.05) is 0 Å². The molecule has 1 aromatic heterocycles. The number of rotatable bonds is 3. The van der Waals surface area contributed by atoms with Crippen LogP contribution in [0.5, 0.6) is 0 Å². The Morgan fingerprint density at radius 3 is 3.00 bits per heavy atom. The summed E-state index contributed by atoms with van der Waals surface area (Å²) < 4.78 is 4.71. The van der Waals surface area contributed by atoms with Gasteiger partial charge in [0.2, 0.25) is 0 Å². The van der Waals surface area contributed by atoms with Crippen molar-refractivity contribution >= 4 is 33.7 Å². The van der Waals surface area contributed by atoms with Gasteiger partial charge in [0.15, 0.2) is 5.01 Å². The fraction of sp³-hybridized carbons (Fsp3) is 0.286. The highest BCUT2D eigenvalue weighted by Crippen LogP contribution is 2.29. The number of aryl methyl sites for hydroxylation is 1. The van der Waals surface area contributed by atoms with E-state index in [0.717, 1.165) is 10.4 Å². The Bertz CT molecular complexity index is 246. The second-order valence-electron chi connectivity index (χ2n) is 1.98. The molecule has 0 radical (unpaired) electrons. The first-order valence-corrected chi connectivity index (χ1v) is 4.82. The molecule has 0 saturated carbocycles. The Balaban J connectivity index is 2.74. The molecular weight excluding hydrogens is 228 g/mol. The number of hydrogen-bond acceptors (Lipinski definition) is 3. The third kappa shape index (κ3) is 2.04. The number of thiophene rings is 1. The van der Waals surface area contributed by atoms with E-state index in [0.29, 0.717) is 6.47 Å². The molecule has 11 heavy (non-hydrogen) atoms. The van der Waals surface area contributed by atoms with Crippen molar-refractivity contribution in [1.29, 1.82) is 0 Å². The van der Waals surface area contributed by atoms with Crippen molar-refractivity contribution in [1.82, 2.24) is 0 Å². The summed E-state index contributed by atoms with van der Waals surface area (Å²) in [6.07, 6.45) is 0. The lowest BCUT2D eigenvalue weighted by Crippen LogP contribution is -1.93. The van der Waals surface area contributed by atoms with Crippen LogP contribution in [-0.4, -0.2) is 6.47 Å². The summed E-state index contributed by atoms with van der Waals surface area (Å²) in [7, 11) is 0. The maximum absolute atomic E-state index is 9.97. The molecule has 0 amide bonds. The Morgan fingerprint density at radius 1 is 1.82 bits per heavy atom. The highest BCUT2D eigenvalue weighted by atomic mass is 79.9. The van der Waals surface area contributed by atoms with Crippen molar-refractivity contribution in [3.05, 3.63) is 21.9 Å². The van der Waals surface area contributed by atoms with Crippen LogP contribution in [0, 0.1) is 6.92 Å². The molecule has 0 aliphatic rings. The van der Waals surface area contributed by atoms with Gasteiger partial charge >= 0.3 is 0 Å². The Hall–Kier alpha value is -0.350. The molecule has 1 heterocycles. The molecule has 2 nitrogen and oxygen atoms in total. The summed E-state index contributed by atoms with van der Waals surface area (Å²) in [6.45, 7) is 2.43. The van der Waals surface area contributed by atoms with Gasteiger partial charge in [0.1, 0.15) is 0 Å². The minimum Gasteiger partial charge on any atom is -0.448 e. The first kappa shape index (κ1) is 8.74. The minimum atomic E-state index is -0.300. The van der Waals surface area contributed by atoms with Gasteiger partial charge in [-0.2, -0.15) is 0 Å². The summed E-state index contributed by atoms with van der Waals surface area (Å²) in [4.78, 5) is 11.1. The number of halogens is 1. The molecule has 0 fully saturated rings. The fourth-order valence-corrected chi connectivity index (χ4v) is 2.22. The average molecular weight is 235 g/mol. The molecule has 0 aromatic carbocycles. The van der Waals surface area contributed by atoms with E-state index in [4.69, 9.17) is 4.74 Å². The van der Waals surface area contributed by atoms with Crippen molar-refractivity contribution in [2.24, 2.45) is 0 Å². The van der Waals surface area contributed by atoms with Crippen LogP contribution in [-0.2, 0) is 9.53 Å².